The maximum Gasteiger partial charge on any atom is 0.209 e. The van der Waals surface area contributed by atoms with Crippen molar-refractivity contribution in [1.29, 1.82) is 0 Å². The molecule has 1 aliphatic rings. The first-order valence-electron chi connectivity index (χ1n) is 7.84. The quantitative estimate of drug-likeness (QED) is 0.830. The number of benzene rings is 1. The van der Waals surface area contributed by atoms with Gasteiger partial charge in [0.2, 0.25) is 6.29 Å². The molecule has 1 aromatic rings. The molecule has 1 atom stereocenters. The van der Waals surface area contributed by atoms with Crippen LogP contribution in [0.2, 0.25) is 0 Å². The molecule has 1 heterocycles. The minimum absolute atomic E-state index is 0.117. The van der Waals surface area contributed by atoms with E-state index in [1.807, 2.05) is 12.1 Å². The Balaban J connectivity index is 2.31. The Hall–Kier alpha value is -1.22. The van der Waals surface area contributed by atoms with E-state index in [2.05, 4.69) is 41.5 Å². The SMILES string of the molecule is CCCCOC1Oc2cc(C(C)(C)C)c(O)cc2C1(C)C. The van der Waals surface area contributed by atoms with Crippen LogP contribution < -0.4 is 4.74 Å². The second-order valence-electron chi connectivity index (χ2n) is 7.51. The van der Waals surface area contributed by atoms with E-state index in [1.54, 1.807) is 0 Å². The fourth-order valence-electron chi connectivity index (χ4n) is 2.74. The van der Waals surface area contributed by atoms with Crippen molar-refractivity contribution in [2.24, 2.45) is 0 Å². The minimum Gasteiger partial charge on any atom is -0.508 e. The standard InChI is InChI=1S/C18H28O3/c1-7-8-9-20-16-18(5,6)13-10-14(19)12(17(2,3)4)11-15(13)21-16/h10-11,16,19H,7-9H2,1-6H3. The molecule has 0 saturated carbocycles. The summed E-state index contributed by atoms with van der Waals surface area (Å²) in [5.41, 5.74) is 1.56. The van der Waals surface area contributed by atoms with Crippen LogP contribution in [0.1, 0.15) is 65.5 Å². The maximum absolute atomic E-state index is 10.3. The zero-order valence-electron chi connectivity index (χ0n) is 14.1. The van der Waals surface area contributed by atoms with Crippen molar-refractivity contribution in [3.05, 3.63) is 23.3 Å². The molecular weight excluding hydrogens is 264 g/mol. The molecule has 3 heteroatoms. The first-order valence-corrected chi connectivity index (χ1v) is 7.84. The van der Waals surface area contributed by atoms with Gasteiger partial charge in [-0.15, -0.1) is 0 Å². The normalized spacial score (nSPS) is 20.2. The highest BCUT2D eigenvalue weighted by atomic mass is 16.7. The van der Waals surface area contributed by atoms with Crippen molar-refractivity contribution in [3.63, 3.8) is 0 Å². The van der Waals surface area contributed by atoms with Crippen LogP contribution >= 0.6 is 0 Å². The van der Waals surface area contributed by atoms with Crippen LogP contribution in [-0.2, 0) is 15.6 Å². The van der Waals surface area contributed by atoms with Gasteiger partial charge in [0.15, 0.2) is 0 Å². The molecule has 3 nitrogen and oxygen atoms in total. The van der Waals surface area contributed by atoms with Crippen LogP contribution in [0.5, 0.6) is 11.5 Å². The third-order valence-electron chi connectivity index (χ3n) is 4.19. The molecule has 1 unspecified atom stereocenters. The second-order valence-corrected chi connectivity index (χ2v) is 7.51. The van der Waals surface area contributed by atoms with E-state index in [0.717, 1.165) is 29.7 Å². The van der Waals surface area contributed by atoms with Gasteiger partial charge in [-0.25, -0.2) is 0 Å². The van der Waals surface area contributed by atoms with Crippen LogP contribution in [-0.4, -0.2) is 18.0 Å². The van der Waals surface area contributed by atoms with Gasteiger partial charge in [-0.2, -0.15) is 0 Å². The first kappa shape index (κ1) is 16.2. The number of fused-ring (bicyclic) bond motifs is 1. The summed E-state index contributed by atoms with van der Waals surface area (Å²) >= 11 is 0. The molecule has 2 rings (SSSR count). The van der Waals surface area contributed by atoms with Crippen LogP contribution in [0.3, 0.4) is 0 Å². The lowest BCUT2D eigenvalue weighted by atomic mass is 9.81. The zero-order valence-corrected chi connectivity index (χ0v) is 14.1. The van der Waals surface area contributed by atoms with Crippen molar-refractivity contribution in [2.75, 3.05) is 6.61 Å². The molecule has 1 aliphatic heterocycles. The number of phenols is 1. The number of unbranched alkanes of at least 4 members (excludes halogenated alkanes) is 1. The average molecular weight is 292 g/mol. The molecule has 0 aliphatic carbocycles. The molecule has 0 bridgehead atoms. The van der Waals surface area contributed by atoms with Gasteiger partial charge in [0, 0.05) is 11.1 Å². The van der Waals surface area contributed by atoms with Crippen molar-refractivity contribution < 1.29 is 14.6 Å². The van der Waals surface area contributed by atoms with Crippen LogP contribution in [0.4, 0.5) is 0 Å². The summed E-state index contributed by atoms with van der Waals surface area (Å²) in [7, 11) is 0. The Kier molecular flexibility index (Phi) is 4.25. The van der Waals surface area contributed by atoms with Gasteiger partial charge in [-0.3, -0.25) is 0 Å². The summed E-state index contributed by atoms with van der Waals surface area (Å²) in [6, 6.07) is 3.81. The maximum atomic E-state index is 10.3. The van der Waals surface area contributed by atoms with Crippen LogP contribution in [0.15, 0.2) is 12.1 Å². The fraction of sp³-hybridized carbons (Fsp3) is 0.667. The third-order valence-corrected chi connectivity index (χ3v) is 4.19. The summed E-state index contributed by atoms with van der Waals surface area (Å²) in [5.74, 6) is 1.18. The molecule has 21 heavy (non-hydrogen) atoms. The monoisotopic (exact) mass is 292 g/mol. The highest BCUT2D eigenvalue weighted by molar-refractivity contribution is 5.53. The van der Waals surface area contributed by atoms with E-state index in [4.69, 9.17) is 9.47 Å². The first-order chi connectivity index (χ1) is 9.67. The summed E-state index contributed by atoms with van der Waals surface area (Å²) in [6.07, 6.45) is 1.86. The van der Waals surface area contributed by atoms with E-state index in [1.165, 1.54) is 0 Å². The topological polar surface area (TPSA) is 38.7 Å². The number of aromatic hydroxyl groups is 1. The number of hydrogen-bond acceptors (Lipinski definition) is 3. The van der Waals surface area contributed by atoms with Gasteiger partial charge in [0.05, 0.1) is 12.0 Å². The second kappa shape index (κ2) is 5.53. The average Bonchev–Trinajstić information content (AvgIpc) is 2.60. The Bertz CT molecular complexity index is 512. The molecule has 0 spiro atoms. The van der Waals surface area contributed by atoms with Gasteiger partial charge in [-0.05, 0) is 37.8 Å². The smallest absolute Gasteiger partial charge is 0.209 e. The number of ether oxygens (including phenoxy) is 2. The van der Waals surface area contributed by atoms with Crippen LogP contribution in [0.25, 0.3) is 0 Å². The molecule has 0 radical (unpaired) electrons. The Morgan fingerprint density at radius 3 is 2.52 bits per heavy atom. The number of hydrogen-bond donors (Lipinski definition) is 1. The lowest BCUT2D eigenvalue weighted by Gasteiger charge is -2.26. The summed E-state index contributed by atoms with van der Waals surface area (Å²) in [4.78, 5) is 0. The van der Waals surface area contributed by atoms with Crippen molar-refractivity contribution in [2.45, 2.75) is 71.5 Å². The Labute approximate surface area is 128 Å². The van der Waals surface area contributed by atoms with E-state index < -0.39 is 0 Å². The molecule has 118 valence electrons. The largest absolute Gasteiger partial charge is 0.508 e. The van der Waals surface area contributed by atoms with Gasteiger partial charge in [0.1, 0.15) is 11.5 Å². The van der Waals surface area contributed by atoms with E-state index in [0.29, 0.717) is 12.4 Å². The molecule has 0 aromatic heterocycles. The molecule has 0 saturated heterocycles. The minimum atomic E-state index is -0.284. The summed E-state index contributed by atoms with van der Waals surface area (Å²) in [5, 5.41) is 10.3. The van der Waals surface area contributed by atoms with Crippen LogP contribution in [0, 0.1) is 0 Å². The molecule has 1 N–H and O–H groups in total. The number of rotatable bonds is 4. The highest BCUT2D eigenvalue weighted by Crippen LogP contribution is 2.47. The van der Waals surface area contributed by atoms with Gasteiger partial charge in [0.25, 0.3) is 0 Å². The lowest BCUT2D eigenvalue weighted by molar-refractivity contribution is -0.103. The van der Waals surface area contributed by atoms with E-state index >= 15 is 0 Å². The number of phenolic OH excluding ortho intramolecular Hbond substituents is 1. The molecule has 0 amide bonds. The predicted octanol–water partition coefficient (Wildman–Crippen LogP) is 4.50. The summed E-state index contributed by atoms with van der Waals surface area (Å²) < 4.78 is 11.9. The Morgan fingerprint density at radius 2 is 1.95 bits per heavy atom. The Morgan fingerprint density at radius 1 is 1.29 bits per heavy atom. The lowest BCUT2D eigenvalue weighted by Crippen LogP contribution is -2.35. The molecule has 0 fully saturated rings. The third kappa shape index (κ3) is 3.03. The molecular formula is C18H28O3. The van der Waals surface area contributed by atoms with Gasteiger partial charge < -0.3 is 14.6 Å². The van der Waals surface area contributed by atoms with E-state index in [-0.39, 0.29) is 17.1 Å². The zero-order chi connectivity index (χ0) is 15.8. The van der Waals surface area contributed by atoms with Crippen molar-refractivity contribution in [1.82, 2.24) is 0 Å². The fourth-order valence-corrected chi connectivity index (χ4v) is 2.74. The molecule has 1 aromatic carbocycles. The summed E-state index contributed by atoms with van der Waals surface area (Å²) in [6.45, 7) is 13.3. The highest BCUT2D eigenvalue weighted by Gasteiger charge is 2.43. The van der Waals surface area contributed by atoms with E-state index in [9.17, 15) is 5.11 Å². The van der Waals surface area contributed by atoms with Crippen molar-refractivity contribution >= 4 is 0 Å². The van der Waals surface area contributed by atoms with Crippen molar-refractivity contribution in [3.8, 4) is 11.5 Å². The van der Waals surface area contributed by atoms with Gasteiger partial charge >= 0.3 is 0 Å². The van der Waals surface area contributed by atoms with Gasteiger partial charge in [-0.1, -0.05) is 34.1 Å². The predicted molar refractivity (Wildman–Crippen MR) is 85.1 cm³/mol.